The number of pyridine rings is 3. The highest BCUT2D eigenvalue weighted by molar-refractivity contribution is 6.02. The minimum Gasteiger partial charge on any atom is -0.333 e. The molecule has 4 aromatic heterocycles. The van der Waals surface area contributed by atoms with Crippen LogP contribution in [0.25, 0.3) is 38.5 Å². The zero-order valence-electron chi connectivity index (χ0n) is 15.0. The molecule has 0 atom stereocenters. The second-order valence-electron chi connectivity index (χ2n) is 6.63. The van der Waals surface area contributed by atoms with Crippen molar-refractivity contribution >= 4 is 32.8 Å². The third kappa shape index (κ3) is 2.50. The predicted molar refractivity (Wildman–Crippen MR) is 102 cm³/mol. The van der Waals surface area contributed by atoms with E-state index in [4.69, 9.17) is 0 Å². The molecule has 0 fully saturated rings. The van der Waals surface area contributed by atoms with Gasteiger partial charge in [0.15, 0.2) is 5.52 Å². The van der Waals surface area contributed by atoms with E-state index in [-0.39, 0.29) is 11.2 Å². The number of rotatable bonds is 1. The zero-order valence-corrected chi connectivity index (χ0v) is 15.0. The molecule has 0 N–H and O–H groups in total. The molecule has 0 spiro atoms. The van der Waals surface area contributed by atoms with Gasteiger partial charge in [-0.2, -0.15) is 13.2 Å². The third-order valence-corrected chi connectivity index (χ3v) is 4.88. The molecule has 0 amide bonds. The lowest BCUT2D eigenvalue weighted by Crippen LogP contribution is -2.22. The maximum absolute atomic E-state index is 13.4. The van der Waals surface area contributed by atoms with Gasteiger partial charge in [0, 0.05) is 30.2 Å². The lowest BCUT2D eigenvalue weighted by molar-refractivity contribution is -0.141. The Morgan fingerprint density at radius 2 is 1.86 bits per heavy atom. The summed E-state index contributed by atoms with van der Waals surface area (Å²) in [5.74, 6) is 0. The second kappa shape index (κ2) is 5.87. The molecule has 0 saturated carbocycles. The molecule has 0 saturated heterocycles. The quantitative estimate of drug-likeness (QED) is 0.433. The Morgan fingerprint density at radius 3 is 2.66 bits per heavy atom. The van der Waals surface area contributed by atoms with Crippen LogP contribution in [0.4, 0.5) is 13.2 Å². The molecule has 0 unspecified atom stereocenters. The van der Waals surface area contributed by atoms with Crippen molar-refractivity contribution in [1.29, 1.82) is 0 Å². The molecule has 0 bridgehead atoms. The molecule has 0 aliphatic rings. The Bertz CT molecular complexity index is 1480. The van der Waals surface area contributed by atoms with Crippen molar-refractivity contribution in [3.8, 4) is 5.69 Å². The molecular formula is C20H12F3N5O. The van der Waals surface area contributed by atoms with Crippen LogP contribution < -0.4 is 5.56 Å². The van der Waals surface area contributed by atoms with E-state index < -0.39 is 17.4 Å². The molecule has 9 heteroatoms. The van der Waals surface area contributed by atoms with Crippen molar-refractivity contribution < 1.29 is 13.2 Å². The lowest BCUT2D eigenvalue weighted by atomic mass is 10.1. The Labute approximate surface area is 160 Å². The first-order valence-electron chi connectivity index (χ1n) is 8.63. The zero-order chi connectivity index (χ0) is 20.3. The number of imidazole rings is 1. The molecule has 0 radical (unpaired) electrons. The maximum Gasteiger partial charge on any atom is 0.433 e. The topological polar surface area (TPSA) is 65.6 Å². The van der Waals surface area contributed by atoms with Crippen LogP contribution in [0.1, 0.15) is 5.69 Å². The summed E-state index contributed by atoms with van der Waals surface area (Å²) in [6.07, 6.45) is -0.0108. The minimum absolute atomic E-state index is 0.0859. The fourth-order valence-corrected chi connectivity index (χ4v) is 3.58. The normalized spacial score (nSPS) is 12.3. The highest BCUT2D eigenvalue weighted by Gasteiger charge is 2.33. The van der Waals surface area contributed by atoms with Gasteiger partial charge in [-0.25, -0.2) is 9.97 Å². The summed E-state index contributed by atoms with van der Waals surface area (Å²) in [4.78, 5) is 25.4. The fourth-order valence-electron chi connectivity index (χ4n) is 3.58. The van der Waals surface area contributed by atoms with E-state index in [1.54, 1.807) is 42.2 Å². The van der Waals surface area contributed by atoms with Crippen molar-refractivity contribution in [3.63, 3.8) is 0 Å². The van der Waals surface area contributed by atoms with E-state index in [2.05, 4.69) is 15.0 Å². The van der Waals surface area contributed by atoms with E-state index in [9.17, 15) is 18.0 Å². The van der Waals surface area contributed by atoms with Crippen molar-refractivity contribution in [1.82, 2.24) is 24.1 Å². The second-order valence-corrected chi connectivity index (χ2v) is 6.63. The van der Waals surface area contributed by atoms with Crippen molar-refractivity contribution in [2.24, 2.45) is 7.05 Å². The van der Waals surface area contributed by atoms with Crippen LogP contribution in [-0.4, -0.2) is 24.1 Å². The van der Waals surface area contributed by atoms with Gasteiger partial charge in [-0.1, -0.05) is 12.1 Å². The van der Waals surface area contributed by atoms with Crippen LogP contribution >= 0.6 is 0 Å². The average molecular weight is 395 g/mol. The first-order valence-corrected chi connectivity index (χ1v) is 8.63. The molecule has 0 aliphatic carbocycles. The van der Waals surface area contributed by atoms with Gasteiger partial charge in [0.05, 0.1) is 17.5 Å². The van der Waals surface area contributed by atoms with Gasteiger partial charge in [0.1, 0.15) is 11.3 Å². The molecule has 144 valence electrons. The molecule has 1 aromatic carbocycles. The van der Waals surface area contributed by atoms with Crippen LogP contribution in [0.15, 0.2) is 59.9 Å². The number of hydrogen-bond acceptors (Lipinski definition) is 4. The van der Waals surface area contributed by atoms with Crippen LogP contribution in [-0.2, 0) is 13.2 Å². The van der Waals surface area contributed by atoms with E-state index in [1.165, 1.54) is 17.0 Å². The number of benzene rings is 1. The van der Waals surface area contributed by atoms with Crippen LogP contribution in [0, 0.1) is 0 Å². The highest BCUT2D eigenvalue weighted by Crippen LogP contribution is 2.32. The number of alkyl halides is 3. The SMILES string of the molecule is Cn1cnc2c(=O)n(-c3cccc4ccncc34)c3nc(C(F)(F)F)ccc3c21. The van der Waals surface area contributed by atoms with Gasteiger partial charge in [-0.15, -0.1) is 0 Å². The van der Waals surface area contributed by atoms with Crippen molar-refractivity contribution in [3.05, 3.63) is 71.2 Å². The molecule has 29 heavy (non-hydrogen) atoms. The summed E-state index contributed by atoms with van der Waals surface area (Å²) in [5.41, 5.74) is -0.722. The highest BCUT2D eigenvalue weighted by atomic mass is 19.4. The van der Waals surface area contributed by atoms with E-state index >= 15 is 0 Å². The third-order valence-electron chi connectivity index (χ3n) is 4.88. The Hall–Kier alpha value is -3.75. The largest absolute Gasteiger partial charge is 0.433 e. The number of nitrogens with zero attached hydrogens (tertiary/aromatic N) is 5. The monoisotopic (exact) mass is 395 g/mol. The Balaban J connectivity index is 2.03. The van der Waals surface area contributed by atoms with Gasteiger partial charge >= 0.3 is 6.18 Å². The standard InChI is InChI=1S/C20H12F3N5O/c1-27-10-25-16-17(27)12-5-6-15(20(21,22)23)26-18(12)28(19(16)29)14-4-2-3-11-7-8-24-9-13(11)14/h2-10H,1H3. The van der Waals surface area contributed by atoms with E-state index in [0.717, 1.165) is 11.5 Å². The number of aryl methyl sites for hydroxylation is 1. The summed E-state index contributed by atoms with van der Waals surface area (Å²) < 4.78 is 42.9. The van der Waals surface area contributed by atoms with E-state index in [0.29, 0.717) is 22.0 Å². The maximum atomic E-state index is 13.4. The summed E-state index contributed by atoms with van der Waals surface area (Å²) in [7, 11) is 1.68. The summed E-state index contributed by atoms with van der Waals surface area (Å²) in [6, 6.07) is 9.22. The Morgan fingerprint density at radius 1 is 1.03 bits per heavy atom. The molecule has 4 heterocycles. The first kappa shape index (κ1) is 17.4. The van der Waals surface area contributed by atoms with Gasteiger partial charge in [0.25, 0.3) is 5.56 Å². The molecule has 5 aromatic rings. The molecular weight excluding hydrogens is 383 g/mol. The van der Waals surface area contributed by atoms with Gasteiger partial charge in [-0.3, -0.25) is 14.3 Å². The van der Waals surface area contributed by atoms with Crippen molar-refractivity contribution in [2.45, 2.75) is 6.18 Å². The van der Waals surface area contributed by atoms with E-state index in [1.807, 2.05) is 6.07 Å². The first-order chi connectivity index (χ1) is 13.9. The van der Waals surface area contributed by atoms with Gasteiger partial charge < -0.3 is 4.57 Å². The van der Waals surface area contributed by atoms with Crippen LogP contribution in [0.2, 0.25) is 0 Å². The van der Waals surface area contributed by atoms with Gasteiger partial charge in [-0.05, 0) is 29.7 Å². The lowest BCUT2D eigenvalue weighted by Gasteiger charge is -2.15. The minimum atomic E-state index is -4.64. The summed E-state index contributed by atoms with van der Waals surface area (Å²) in [6.45, 7) is 0. The molecule has 5 rings (SSSR count). The van der Waals surface area contributed by atoms with Crippen LogP contribution in [0.5, 0.6) is 0 Å². The molecule has 0 aliphatic heterocycles. The predicted octanol–water partition coefficient (Wildman–Crippen LogP) is 3.84. The fraction of sp³-hybridized carbons (Fsp3) is 0.100. The number of aromatic nitrogens is 5. The molecule has 6 nitrogen and oxygen atoms in total. The number of halogens is 3. The van der Waals surface area contributed by atoms with Gasteiger partial charge in [0.2, 0.25) is 0 Å². The Kier molecular flexibility index (Phi) is 3.51. The smallest absolute Gasteiger partial charge is 0.333 e. The summed E-state index contributed by atoms with van der Waals surface area (Å²) >= 11 is 0. The summed E-state index contributed by atoms with van der Waals surface area (Å²) in [5, 5.41) is 1.81. The van der Waals surface area contributed by atoms with Crippen LogP contribution in [0.3, 0.4) is 0 Å². The average Bonchev–Trinajstić information content (AvgIpc) is 3.09. The number of hydrogen-bond donors (Lipinski definition) is 0. The van der Waals surface area contributed by atoms with Crippen molar-refractivity contribution in [2.75, 3.05) is 0 Å². The number of fused-ring (bicyclic) bond motifs is 4.